The predicted octanol–water partition coefficient (Wildman–Crippen LogP) is 3.04. The van der Waals surface area contributed by atoms with E-state index in [0.717, 1.165) is 23.4 Å². The van der Waals surface area contributed by atoms with Crippen molar-refractivity contribution in [2.75, 3.05) is 11.9 Å². The van der Waals surface area contributed by atoms with Gasteiger partial charge in [0.1, 0.15) is 6.04 Å². The second-order valence-corrected chi connectivity index (χ2v) is 7.07. The van der Waals surface area contributed by atoms with Crippen molar-refractivity contribution in [1.29, 1.82) is 0 Å². The Kier molecular flexibility index (Phi) is 4.37. The first kappa shape index (κ1) is 18.2. The molecular weight excluding hydrogens is 364 g/mol. The van der Waals surface area contributed by atoms with Crippen molar-refractivity contribution in [3.05, 3.63) is 75.7 Å². The Morgan fingerprint density at radius 1 is 1.21 bits per heavy atom. The number of benzene rings is 2. The number of aromatic nitrogens is 1. The fraction of sp³-hybridized carbons (Fsp3) is 0.238. The minimum Gasteiger partial charge on any atom is -0.362 e. The Morgan fingerprint density at radius 3 is 2.61 bits per heavy atom. The number of rotatable bonds is 3. The van der Waals surface area contributed by atoms with Gasteiger partial charge in [-0.25, -0.2) is 8.78 Å². The smallest absolute Gasteiger partial charge is 0.255 e. The number of hydrogen-bond acceptors (Lipinski definition) is 3. The summed E-state index contributed by atoms with van der Waals surface area (Å²) in [6, 6.07) is 8.84. The topological polar surface area (TPSA) is 65.2 Å². The molecular formula is C21H19F2N3O2. The number of hydrogen-bond donors (Lipinski definition) is 2. The molecule has 144 valence electrons. The zero-order valence-corrected chi connectivity index (χ0v) is 15.4. The molecule has 0 saturated heterocycles. The highest BCUT2D eigenvalue weighted by molar-refractivity contribution is 5.90. The summed E-state index contributed by atoms with van der Waals surface area (Å²) in [5.41, 5.74) is 2.12. The molecule has 0 unspecified atom stereocenters. The number of nitrogens with zero attached hydrogens (tertiary/aromatic N) is 1. The highest BCUT2D eigenvalue weighted by Crippen LogP contribution is 2.31. The number of aromatic amines is 1. The van der Waals surface area contributed by atoms with E-state index in [1.807, 2.05) is 36.2 Å². The first-order valence-corrected chi connectivity index (χ1v) is 8.98. The molecule has 7 heteroatoms. The molecule has 1 aliphatic rings. The zero-order valence-electron chi connectivity index (χ0n) is 15.4. The van der Waals surface area contributed by atoms with Gasteiger partial charge in [0.25, 0.3) is 5.56 Å². The van der Waals surface area contributed by atoms with Gasteiger partial charge in [0.15, 0.2) is 11.6 Å². The van der Waals surface area contributed by atoms with Crippen molar-refractivity contribution in [2.24, 2.45) is 0 Å². The number of fused-ring (bicyclic) bond motifs is 2. The third kappa shape index (κ3) is 2.93. The van der Waals surface area contributed by atoms with E-state index in [1.165, 1.54) is 6.20 Å². The van der Waals surface area contributed by atoms with Crippen LogP contribution in [0.3, 0.4) is 0 Å². The third-order valence-corrected chi connectivity index (χ3v) is 5.36. The summed E-state index contributed by atoms with van der Waals surface area (Å²) in [7, 11) is 1.87. The fourth-order valence-electron chi connectivity index (χ4n) is 3.83. The summed E-state index contributed by atoms with van der Waals surface area (Å²) in [5, 5.41) is 3.25. The number of amides is 1. The lowest BCUT2D eigenvalue weighted by Crippen LogP contribution is -2.44. The van der Waals surface area contributed by atoms with Crippen molar-refractivity contribution in [1.82, 2.24) is 10.3 Å². The molecule has 0 bridgehead atoms. The Bertz CT molecular complexity index is 1140. The normalized spacial score (nSPS) is 16.9. The molecule has 2 N–H and O–H groups in total. The van der Waals surface area contributed by atoms with Crippen LogP contribution in [0.15, 0.2) is 47.4 Å². The van der Waals surface area contributed by atoms with Crippen LogP contribution in [-0.2, 0) is 11.2 Å². The number of carbonyl (C=O) groups excluding carboxylic acids is 1. The molecule has 5 nitrogen and oxygen atoms in total. The van der Waals surface area contributed by atoms with E-state index in [-0.39, 0.29) is 22.7 Å². The van der Waals surface area contributed by atoms with Gasteiger partial charge in [-0.2, -0.15) is 0 Å². The molecule has 1 amide bonds. The Morgan fingerprint density at radius 2 is 1.89 bits per heavy atom. The number of H-pyrrole nitrogens is 1. The molecule has 0 aliphatic carbocycles. The minimum atomic E-state index is -1.09. The standard InChI is InChI=1S/C21H19F2N3O2/c1-11(15-10-24-20(27)14-9-17(23)16(22)8-13(14)15)25-21(28)19-7-12-5-3-4-6-18(12)26(19)2/h3-6,8-11,19H,7H2,1-2H3,(H,24,27)(H,25,28)/t11-,19-/m1/s1. The van der Waals surface area contributed by atoms with E-state index in [9.17, 15) is 18.4 Å². The van der Waals surface area contributed by atoms with Gasteiger partial charge in [-0.15, -0.1) is 0 Å². The fourth-order valence-corrected chi connectivity index (χ4v) is 3.83. The van der Waals surface area contributed by atoms with Gasteiger partial charge < -0.3 is 15.2 Å². The lowest BCUT2D eigenvalue weighted by atomic mass is 10.0. The Balaban J connectivity index is 1.62. The molecule has 0 fully saturated rings. The number of nitrogens with one attached hydrogen (secondary N) is 2. The quantitative estimate of drug-likeness (QED) is 0.731. The van der Waals surface area contributed by atoms with Crippen LogP contribution in [0.2, 0.25) is 0 Å². The van der Waals surface area contributed by atoms with Crippen LogP contribution >= 0.6 is 0 Å². The summed E-state index contributed by atoms with van der Waals surface area (Å²) >= 11 is 0. The second-order valence-electron chi connectivity index (χ2n) is 7.07. The van der Waals surface area contributed by atoms with Crippen molar-refractivity contribution in [2.45, 2.75) is 25.4 Å². The maximum Gasteiger partial charge on any atom is 0.255 e. The number of carbonyl (C=O) groups is 1. The summed E-state index contributed by atoms with van der Waals surface area (Å²) in [6.45, 7) is 1.74. The molecule has 1 aliphatic heterocycles. The van der Waals surface area contributed by atoms with Crippen LogP contribution in [0, 0.1) is 11.6 Å². The Labute approximate surface area is 160 Å². The van der Waals surface area contributed by atoms with Crippen molar-refractivity contribution < 1.29 is 13.6 Å². The molecule has 0 radical (unpaired) electrons. The SMILES string of the molecule is C[C@@H](NC(=O)[C@H]1Cc2ccccc2N1C)c1c[nH]c(=O)c2cc(F)c(F)cc12. The maximum absolute atomic E-state index is 13.8. The van der Waals surface area contributed by atoms with Crippen molar-refractivity contribution in [3.63, 3.8) is 0 Å². The van der Waals surface area contributed by atoms with Gasteiger partial charge in [-0.3, -0.25) is 9.59 Å². The van der Waals surface area contributed by atoms with Crippen LogP contribution in [0.4, 0.5) is 14.5 Å². The molecule has 1 aromatic heterocycles. The van der Waals surface area contributed by atoms with E-state index in [4.69, 9.17) is 0 Å². The van der Waals surface area contributed by atoms with Gasteiger partial charge >= 0.3 is 0 Å². The monoisotopic (exact) mass is 383 g/mol. The zero-order chi connectivity index (χ0) is 20.0. The second kappa shape index (κ2) is 6.74. The van der Waals surface area contributed by atoms with E-state index >= 15 is 0 Å². The van der Waals surface area contributed by atoms with Crippen molar-refractivity contribution in [3.8, 4) is 0 Å². The summed E-state index contributed by atoms with van der Waals surface area (Å²) in [5.74, 6) is -2.30. The molecule has 2 aromatic carbocycles. The van der Waals surface area contributed by atoms with E-state index in [1.54, 1.807) is 6.92 Å². The number of pyridine rings is 1. The minimum absolute atomic E-state index is 0.0443. The molecule has 2 atom stereocenters. The average Bonchev–Trinajstić information content (AvgIpc) is 3.01. The summed E-state index contributed by atoms with van der Waals surface area (Å²) in [4.78, 5) is 29.3. The van der Waals surface area contributed by atoms with Crippen LogP contribution in [0.25, 0.3) is 10.8 Å². The van der Waals surface area contributed by atoms with Gasteiger partial charge in [-0.05, 0) is 41.6 Å². The highest BCUT2D eigenvalue weighted by Gasteiger charge is 2.32. The number of anilines is 1. The van der Waals surface area contributed by atoms with E-state index in [2.05, 4.69) is 10.3 Å². The van der Waals surface area contributed by atoms with Crippen molar-refractivity contribution >= 4 is 22.4 Å². The number of likely N-dealkylation sites (N-methyl/N-ethyl adjacent to an activating group) is 1. The number of para-hydroxylation sites is 1. The first-order chi connectivity index (χ1) is 13.4. The lowest BCUT2D eigenvalue weighted by molar-refractivity contribution is -0.122. The van der Waals surface area contributed by atoms with Crippen LogP contribution in [-0.4, -0.2) is 24.0 Å². The molecule has 3 aromatic rings. The van der Waals surface area contributed by atoms with Gasteiger partial charge in [0.05, 0.1) is 11.4 Å². The molecule has 4 rings (SSSR count). The van der Waals surface area contributed by atoms with E-state index < -0.39 is 23.2 Å². The van der Waals surface area contributed by atoms with Crippen LogP contribution < -0.4 is 15.8 Å². The maximum atomic E-state index is 13.8. The Hall–Kier alpha value is -3.22. The average molecular weight is 383 g/mol. The highest BCUT2D eigenvalue weighted by atomic mass is 19.2. The summed E-state index contributed by atoms with van der Waals surface area (Å²) in [6.07, 6.45) is 2.03. The third-order valence-electron chi connectivity index (χ3n) is 5.36. The van der Waals surface area contributed by atoms with Crippen LogP contribution in [0.5, 0.6) is 0 Å². The largest absolute Gasteiger partial charge is 0.362 e. The summed E-state index contributed by atoms with van der Waals surface area (Å²) < 4.78 is 27.3. The molecule has 0 saturated carbocycles. The lowest BCUT2D eigenvalue weighted by Gasteiger charge is -2.24. The molecule has 2 heterocycles. The predicted molar refractivity (Wildman–Crippen MR) is 103 cm³/mol. The molecule has 28 heavy (non-hydrogen) atoms. The van der Waals surface area contributed by atoms with Crippen LogP contribution in [0.1, 0.15) is 24.1 Å². The van der Waals surface area contributed by atoms with E-state index in [0.29, 0.717) is 12.0 Å². The van der Waals surface area contributed by atoms with Gasteiger partial charge in [-0.1, -0.05) is 18.2 Å². The van der Waals surface area contributed by atoms with Gasteiger partial charge in [0.2, 0.25) is 5.91 Å². The van der Waals surface area contributed by atoms with Gasteiger partial charge in [0, 0.05) is 25.4 Å². The number of halogens is 2. The molecule has 0 spiro atoms. The first-order valence-electron chi connectivity index (χ1n) is 8.98.